The summed E-state index contributed by atoms with van der Waals surface area (Å²) < 4.78 is 21.9. The summed E-state index contributed by atoms with van der Waals surface area (Å²) in [5.74, 6) is 0.139. The van der Waals surface area contributed by atoms with Gasteiger partial charge in [-0.15, -0.1) is 0 Å². The number of nitrogens with zero attached hydrogens (tertiary/aromatic N) is 5. The Labute approximate surface area is 214 Å². The zero-order valence-corrected chi connectivity index (χ0v) is 21.4. The van der Waals surface area contributed by atoms with Crippen molar-refractivity contribution in [2.75, 3.05) is 38.2 Å². The van der Waals surface area contributed by atoms with Gasteiger partial charge in [0.05, 0.1) is 19.2 Å². The van der Waals surface area contributed by atoms with Crippen LogP contribution in [0.1, 0.15) is 39.2 Å². The van der Waals surface area contributed by atoms with Crippen LogP contribution in [0.15, 0.2) is 36.5 Å². The average molecular weight is 510 g/mol. The number of carboxylic acid groups (broad SMARTS) is 1. The van der Waals surface area contributed by atoms with Crippen molar-refractivity contribution in [2.45, 2.75) is 39.2 Å². The third kappa shape index (κ3) is 4.72. The fourth-order valence-corrected chi connectivity index (χ4v) is 5.69. The SMILES string of the molecule is COC(=O)CC(CC(C)C)n1ccc2c(-c3ccccc3F)nc(N3CCC4(CN(C(=O)O)C4)C3)nc21. The van der Waals surface area contributed by atoms with Crippen LogP contribution in [0.4, 0.5) is 15.1 Å². The smallest absolute Gasteiger partial charge is 0.407 e. The normalized spacial score (nSPS) is 17.4. The molecular formula is C27H32FN5O4. The second kappa shape index (κ2) is 9.64. The summed E-state index contributed by atoms with van der Waals surface area (Å²) in [6, 6.07) is 8.25. The van der Waals surface area contributed by atoms with Gasteiger partial charge in [0.1, 0.15) is 11.5 Å². The zero-order valence-electron chi connectivity index (χ0n) is 21.4. The summed E-state index contributed by atoms with van der Waals surface area (Å²) in [6.07, 6.45) is 2.77. The number of halogens is 1. The van der Waals surface area contributed by atoms with Crippen LogP contribution >= 0.6 is 0 Å². The lowest BCUT2D eigenvalue weighted by atomic mass is 9.79. The van der Waals surface area contributed by atoms with Crippen LogP contribution in [0.25, 0.3) is 22.3 Å². The zero-order chi connectivity index (χ0) is 26.3. The van der Waals surface area contributed by atoms with Gasteiger partial charge in [0.2, 0.25) is 5.95 Å². The van der Waals surface area contributed by atoms with Crippen molar-refractivity contribution in [3.63, 3.8) is 0 Å². The van der Waals surface area contributed by atoms with Crippen molar-refractivity contribution in [3.05, 3.63) is 42.3 Å². The van der Waals surface area contributed by atoms with Gasteiger partial charge in [-0.1, -0.05) is 26.0 Å². The molecule has 1 unspecified atom stereocenters. The van der Waals surface area contributed by atoms with Gasteiger partial charge in [-0.2, -0.15) is 4.98 Å². The molecule has 1 amide bonds. The number of anilines is 1. The molecule has 0 bridgehead atoms. The highest BCUT2D eigenvalue weighted by Crippen LogP contribution is 2.42. The highest BCUT2D eigenvalue weighted by molar-refractivity contribution is 5.92. The molecular weight excluding hydrogens is 477 g/mol. The Bertz CT molecular complexity index is 1330. The lowest BCUT2D eigenvalue weighted by Crippen LogP contribution is -2.59. The van der Waals surface area contributed by atoms with Crippen molar-refractivity contribution in [3.8, 4) is 11.3 Å². The van der Waals surface area contributed by atoms with E-state index in [9.17, 15) is 19.1 Å². The van der Waals surface area contributed by atoms with Gasteiger partial charge in [-0.05, 0) is 37.0 Å². The Morgan fingerprint density at radius 3 is 2.59 bits per heavy atom. The Hall–Kier alpha value is -3.69. The fraction of sp³-hybridized carbons (Fsp3) is 0.481. The minimum Gasteiger partial charge on any atom is -0.469 e. The fourth-order valence-electron chi connectivity index (χ4n) is 5.69. The first kappa shape index (κ1) is 25.0. The molecule has 2 aromatic heterocycles. The van der Waals surface area contributed by atoms with E-state index in [4.69, 9.17) is 14.7 Å². The van der Waals surface area contributed by atoms with Crippen LogP contribution in [-0.2, 0) is 9.53 Å². The molecule has 1 spiro atoms. The van der Waals surface area contributed by atoms with E-state index >= 15 is 0 Å². The van der Waals surface area contributed by atoms with Crippen LogP contribution in [0.5, 0.6) is 0 Å². The van der Waals surface area contributed by atoms with E-state index in [1.54, 1.807) is 18.2 Å². The number of rotatable bonds is 7. The number of methoxy groups -OCH3 is 1. The predicted molar refractivity (Wildman–Crippen MR) is 137 cm³/mol. The van der Waals surface area contributed by atoms with Gasteiger partial charge in [0, 0.05) is 54.8 Å². The molecule has 2 aliphatic rings. The van der Waals surface area contributed by atoms with Crippen LogP contribution < -0.4 is 4.90 Å². The summed E-state index contributed by atoms with van der Waals surface area (Å²) in [7, 11) is 1.38. The molecule has 4 heterocycles. The van der Waals surface area contributed by atoms with Crippen LogP contribution in [-0.4, -0.2) is 69.9 Å². The van der Waals surface area contributed by atoms with Gasteiger partial charge < -0.3 is 24.2 Å². The van der Waals surface area contributed by atoms with Crippen molar-refractivity contribution < 1.29 is 23.8 Å². The first-order chi connectivity index (χ1) is 17.7. The Balaban J connectivity index is 1.59. The van der Waals surface area contributed by atoms with Crippen LogP contribution in [0, 0.1) is 17.2 Å². The Morgan fingerprint density at radius 1 is 1.16 bits per heavy atom. The molecule has 2 aliphatic heterocycles. The van der Waals surface area contributed by atoms with E-state index in [1.807, 2.05) is 16.8 Å². The summed E-state index contributed by atoms with van der Waals surface area (Å²) in [5, 5.41) is 9.99. The third-order valence-electron chi connectivity index (χ3n) is 7.50. The number of aromatic nitrogens is 3. The second-order valence-corrected chi connectivity index (χ2v) is 10.7. The van der Waals surface area contributed by atoms with Gasteiger partial charge in [-0.3, -0.25) is 4.79 Å². The van der Waals surface area contributed by atoms with Gasteiger partial charge in [0.25, 0.3) is 0 Å². The Morgan fingerprint density at radius 2 is 1.92 bits per heavy atom. The first-order valence-corrected chi connectivity index (χ1v) is 12.6. The molecule has 9 nitrogen and oxygen atoms in total. The number of carbonyl (C=O) groups excluding carboxylic acids is 1. The number of hydrogen-bond acceptors (Lipinski definition) is 6. The topological polar surface area (TPSA) is 101 Å². The third-order valence-corrected chi connectivity index (χ3v) is 7.50. The van der Waals surface area contributed by atoms with Gasteiger partial charge in [-0.25, -0.2) is 14.2 Å². The molecule has 2 fully saturated rings. The van der Waals surface area contributed by atoms with Crippen LogP contribution in [0.2, 0.25) is 0 Å². The number of likely N-dealkylation sites (tertiary alicyclic amines) is 1. The first-order valence-electron chi connectivity index (χ1n) is 12.6. The lowest BCUT2D eigenvalue weighted by molar-refractivity contribution is -0.141. The minimum atomic E-state index is -0.900. The van der Waals surface area contributed by atoms with E-state index in [1.165, 1.54) is 18.1 Å². The molecule has 10 heteroatoms. The van der Waals surface area contributed by atoms with Crippen molar-refractivity contribution >= 4 is 29.0 Å². The van der Waals surface area contributed by atoms with Crippen molar-refractivity contribution in [1.82, 2.24) is 19.4 Å². The molecule has 1 atom stereocenters. The standard InChI is InChI=1S/C27H32FN5O4/c1-17(2)12-18(13-22(34)37-3)33-10-8-20-23(19-6-4-5-7-21(19)28)29-25(30-24(20)33)31-11-9-27(14-31)15-32(16-27)26(35)36/h4-8,10,17-18H,9,11-16H2,1-3H3,(H,35,36). The predicted octanol–water partition coefficient (Wildman–Crippen LogP) is 4.58. The lowest BCUT2D eigenvalue weighted by Gasteiger charge is -2.46. The Kier molecular flexibility index (Phi) is 6.51. The average Bonchev–Trinajstić information content (AvgIpc) is 3.47. The molecule has 2 saturated heterocycles. The minimum absolute atomic E-state index is 0.109. The molecule has 1 aromatic carbocycles. The van der Waals surface area contributed by atoms with E-state index in [0.717, 1.165) is 12.8 Å². The summed E-state index contributed by atoms with van der Waals surface area (Å²) >= 11 is 0. The number of ether oxygens (including phenoxy) is 1. The molecule has 3 aromatic rings. The quantitative estimate of drug-likeness (QED) is 0.466. The second-order valence-electron chi connectivity index (χ2n) is 10.7. The number of carbonyl (C=O) groups is 2. The monoisotopic (exact) mass is 509 g/mol. The summed E-state index contributed by atoms with van der Waals surface area (Å²) in [6.45, 7) is 6.51. The summed E-state index contributed by atoms with van der Waals surface area (Å²) in [4.78, 5) is 36.9. The number of amides is 1. The molecule has 37 heavy (non-hydrogen) atoms. The van der Waals surface area contributed by atoms with Crippen LogP contribution in [0.3, 0.4) is 0 Å². The van der Waals surface area contributed by atoms with E-state index in [-0.39, 0.29) is 29.7 Å². The molecule has 0 aliphatic carbocycles. The summed E-state index contributed by atoms with van der Waals surface area (Å²) in [5.41, 5.74) is 1.42. The van der Waals surface area contributed by atoms with E-state index < -0.39 is 6.09 Å². The number of esters is 1. The molecule has 5 rings (SSSR count). The highest BCUT2D eigenvalue weighted by atomic mass is 19.1. The maximum absolute atomic E-state index is 15.0. The molecule has 1 N–H and O–H groups in total. The molecule has 0 radical (unpaired) electrons. The van der Waals surface area contributed by atoms with E-state index in [2.05, 4.69) is 18.7 Å². The highest BCUT2D eigenvalue weighted by Gasteiger charge is 2.50. The van der Waals surface area contributed by atoms with Crippen molar-refractivity contribution in [2.24, 2.45) is 11.3 Å². The van der Waals surface area contributed by atoms with Crippen molar-refractivity contribution in [1.29, 1.82) is 0 Å². The number of fused-ring (bicyclic) bond motifs is 1. The maximum Gasteiger partial charge on any atom is 0.407 e. The number of hydrogen-bond donors (Lipinski definition) is 1. The van der Waals surface area contributed by atoms with E-state index in [0.29, 0.717) is 60.3 Å². The largest absolute Gasteiger partial charge is 0.469 e. The molecule has 196 valence electrons. The maximum atomic E-state index is 15.0. The number of benzene rings is 1. The van der Waals surface area contributed by atoms with Gasteiger partial charge in [0.15, 0.2) is 0 Å². The molecule has 0 saturated carbocycles. The van der Waals surface area contributed by atoms with Gasteiger partial charge >= 0.3 is 12.1 Å².